The fourth-order valence-corrected chi connectivity index (χ4v) is 9.90. The standard InChI is InChI=1S/C61H68BN3/c1-13-59(7,8)43-28-34-49(35-29-43)65-54-37-31-45(61(11,12)15-3)39-52(54)62-51-38-44(60(9,10)14-2)30-36-53(51)64(48-32-26-42(27-33-48)58(4,5)6)55-40-50(41-56(65)57(55)62)63(46-22-18-16-19-23-46)47-24-20-17-21-25-47/h16-41H,13-15H2,1-12H3. The Bertz CT molecular complexity index is 2790. The molecule has 2 aliphatic rings. The molecule has 0 unspecified atom stereocenters. The summed E-state index contributed by atoms with van der Waals surface area (Å²) in [5.41, 5.74) is 20.2. The van der Waals surface area contributed by atoms with Gasteiger partial charge in [0.1, 0.15) is 0 Å². The highest BCUT2D eigenvalue weighted by atomic mass is 15.2. The molecule has 0 saturated carbocycles. The lowest BCUT2D eigenvalue weighted by Crippen LogP contribution is -2.61. The summed E-state index contributed by atoms with van der Waals surface area (Å²) in [5.74, 6) is 0. The monoisotopic (exact) mass is 854 g/mol. The van der Waals surface area contributed by atoms with Crippen LogP contribution < -0.4 is 31.1 Å². The molecule has 330 valence electrons. The molecule has 0 saturated heterocycles. The molecule has 0 N–H and O–H groups in total. The molecule has 3 nitrogen and oxygen atoms in total. The molecule has 2 aliphatic heterocycles. The number of benzene rings is 7. The third-order valence-electron chi connectivity index (χ3n) is 15.5. The van der Waals surface area contributed by atoms with Crippen LogP contribution in [0.2, 0.25) is 0 Å². The van der Waals surface area contributed by atoms with E-state index in [4.69, 9.17) is 0 Å². The van der Waals surface area contributed by atoms with Gasteiger partial charge in [-0.3, -0.25) is 0 Å². The van der Waals surface area contributed by atoms with Gasteiger partial charge in [-0.05, 0) is 152 Å². The van der Waals surface area contributed by atoms with Gasteiger partial charge in [0.2, 0.25) is 0 Å². The first-order chi connectivity index (χ1) is 31.0. The van der Waals surface area contributed by atoms with Crippen LogP contribution in [0.3, 0.4) is 0 Å². The molecule has 0 radical (unpaired) electrons. The molecule has 9 rings (SSSR count). The number of hydrogen-bond acceptors (Lipinski definition) is 3. The third-order valence-corrected chi connectivity index (χ3v) is 15.5. The van der Waals surface area contributed by atoms with E-state index in [-0.39, 0.29) is 28.4 Å². The summed E-state index contributed by atoms with van der Waals surface area (Å²) in [6.07, 6.45) is 3.18. The highest BCUT2D eigenvalue weighted by Crippen LogP contribution is 2.49. The molecule has 2 heterocycles. The van der Waals surface area contributed by atoms with Crippen molar-refractivity contribution < 1.29 is 0 Å². The van der Waals surface area contributed by atoms with Crippen molar-refractivity contribution in [1.29, 1.82) is 0 Å². The second kappa shape index (κ2) is 16.5. The zero-order valence-corrected chi connectivity index (χ0v) is 41.1. The largest absolute Gasteiger partial charge is 0.311 e. The van der Waals surface area contributed by atoms with Crippen molar-refractivity contribution in [3.8, 4) is 0 Å². The Balaban J connectivity index is 1.43. The number of rotatable bonds is 11. The van der Waals surface area contributed by atoms with E-state index in [1.165, 1.54) is 67.1 Å². The Morgan fingerprint density at radius 3 is 1.14 bits per heavy atom. The average Bonchev–Trinajstić information content (AvgIpc) is 3.31. The van der Waals surface area contributed by atoms with Crippen LogP contribution in [0.4, 0.5) is 51.2 Å². The molecule has 0 fully saturated rings. The maximum atomic E-state index is 2.58. The van der Waals surface area contributed by atoms with E-state index >= 15 is 0 Å². The normalized spacial score (nSPS) is 13.6. The Labute approximate surface area is 391 Å². The second-order valence-corrected chi connectivity index (χ2v) is 21.6. The van der Waals surface area contributed by atoms with Crippen molar-refractivity contribution in [2.24, 2.45) is 0 Å². The van der Waals surface area contributed by atoms with E-state index in [2.05, 4.69) is 256 Å². The molecule has 0 bridgehead atoms. The molecule has 4 heteroatoms. The van der Waals surface area contributed by atoms with Crippen LogP contribution in [-0.4, -0.2) is 6.71 Å². The van der Waals surface area contributed by atoms with E-state index < -0.39 is 0 Å². The van der Waals surface area contributed by atoms with Crippen LogP contribution in [0, 0.1) is 0 Å². The van der Waals surface area contributed by atoms with Gasteiger partial charge in [0.15, 0.2) is 0 Å². The summed E-state index contributed by atoms with van der Waals surface area (Å²) in [6, 6.07) is 60.4. The molecule has 0 atom stereocenters. The van der Waals surface area contributed by atoms with Crippen LogP contribution in [0.5, 0.6) is 0 Å². The van der Waals surface area contributed by atoms with Crippen LogP contribution >= 0.6 is 0 Å². The Hall–Kier alpha value is -6.00. The molecule has 65 heavy (non-hydrogen) atoms. The van der Waals surface area contributed by atoms with Crippen molar-refractivity contribution in [2.45, 2.75) is 124 Å². The van der Waals surface area contributed by atoms with Crippen molar-refractivity contribution in [3.05, 3.63) is 180 Å². The van der Waals surface area contributed by atoms with Gasteiger partial charge in [0, 0.05) is 45.5 Å². The third kappa shape index (κ3) is 7.77. The zero-order valence-electron chi connectivity index (χ0n) is 41.1. The van der Waals surface area contributed by atoms with E-state index in [0.29, 0.717) is 0 Å². The molecular weight excluding hydrogens is 786 g/mol. The maximum absolute atomic E-state index is 2.58. The molecule has 7 aromatic carbocycles. The van der Waals surface area contributed by atoms with Gasteiger partial charge in [-0.25, -0.2) is 0 Å². The lowest BCUT2D eigenvalue weighted by Gasteiger charge is -2.46. The molecule has 0 aliphatic carbocycles. The van der Waals surface area contributed by atoms with Gasteiger partial charge in [-0.2, -0.15) is 0 Å². The Kier molecular flexibility index (Phi) is 11.2. The predicted molar refractivity (Wildman–Crippen MR) is 284 cm³/mol. The minimum absolute atomic E-state index is 0.000749. The summed E-state index contributed by atoms with van der Waals surface area (Å²) < 4.78 is 0. The van der Waals surface area contributed by atoms with Gasteiger partial charge in [0.25, 0.3) is 6.71 Å². The maximum Gasteiger partial charge on any atom is 0.252 e. The van der Waals surface area contributed by atoms with Gasteiger partial charge in [-0.15, -0.1) is 0 Å². The van der Waals surface area contributed by atoms with Crippen molar-refractivity contribution in [3.63, 3.8) is 0 Å². The average molecular weight is 854 g/mol. The van der Waals surface area contributed by atoms with Gasteiger partial charge >= 0.3 is 0 Å². The molecule has 0 spiro atoms. The first-order valence-corrected chi connectivity index (χ1v) is 24.2. The quantitative estimate of drug-likeness (QED) is 0.120. The number of nitrogens with zero attached hydrogens (tertiary/aromatic N) is 3. The van der Waals surface area contributed by atoms with Gasteiger partial charge < -0.3 is 14.7 Å². The van der Waals surface area contributed by atoms with Crippen molar-refractivity contribution in [2.75, 3.05) is 14.7 Å². The lowest BCUT2D eigenvalue weighted by molar-refractivity contribution is 0.506. The summed E-state index contributed by atoms with van der Waals surface area (Å²) in [6.45, 7) is 28.2. The van der Waals surface area contributed by atoms with Gasteiger partial charge in [0.05, 0.1) is 5.69 Å². The van der Waals surface area contributed by atoms with E-state index in [0.717, 1.165) is 42.0 Å². The number of anilines is 9. The summed E-state index contributed by atoms with van der Waals surface area (Å²) in [7, 11) is 0. The fourth-order valence-electron chi connectivity index (χ4n) is 9.90. The number of hydrogen-bond donors (Lipinski definition) is 0. The fraction of sp³-hybridized carbons (Fsp3) is 0.311. The lowest BCUT2D eigenvalue weighted by atomic mass is 9.33. The molecule has 0 aromatic heterocycles. The predicted octanol–water partition coefficient (Wildman–Crippen LogP) is 15.6. The minimum atomic E-state index is 0.000749. The van der Waals surface area contributed by atoms with Crippen LogP contribution in [0.25, 0.3) is 0 Å². The molecule has 7 aromatic rings. The first-order valence-electron chi connectivity index (χ1n) is 24.2. The number of fused-ring (bicyclic) bond motifs is 4. The zero-order chi connectivity index (χ0) is 46.1. The minimum Gasteiger partial charge on any atom is -0.311 e. The summed E-state index contributed by atoms with van der Waals surface area (Å²) >= 11 is 0. The number of para-hydroxylation sites is 2. The van der Waals surface area contributed by atoms with Gasteiger partial charge in [-0.1, -0.05) is 168 Å². The van der Waals surface area contributed by atoms with Crippen LogP contribution in [-0.2, 0) is 21.7 Å². The van der Waals surface area contributed by atoms with Crippen molar-refractivity contribution in [1.82, 2.24) is 0 Å². The Morgan fingerprint density at radius 2 is 0.754 bits per heavy atom. The van der Waals surface area contributed by atoms with Crippen molar-refractivity contribution >= 4 is 74.3 Å². The van der Waals surface area contributed by atoms with E-state index in [9.17, 15) is 0 Å². The highest BCUT2D eigenvalue weighted by Gasteiger charge is 2.45. The summed E-state index contributed by atoms with van der Waals surface area (Å²) in [4.78, 5) is 7.59. The van der Waals surface area contributed by atoms with Crippen LogP contribution in [0.15, 0.2) is 158 Å². The molecule has 0 amide bonds. The van der Waals surface area contributed by atoms with E-state index in [1.54, 1.807) is 0 Å². The molecular formula is C61H68BN3. The smallest absolute Gasteiger partial charge is 0.252 e. The second-order valence-electron chi connectivity index (χ2n) is 21.6. The SMILES string of the molecule is CCC(C)(C)c1ccc(N2c3ccc(C(C)(C)CC)cc3B3c4cc(C(C)(C)CC)ccc4N(c4ccc(C(C)(C)C)cc4)c4cc(N(c5ccccc5)c5ccccc5)cc2c43)cc1. The van der Waals surface area contributed by atoms with Crippen LogP contribution in [0.1, 0.15) is 125 Å². The first kappa shape index (κ1) is 44.2. The topological polar surface area (TPSA) is 9.72 Å². The van der Waals surface area contributed by atoms with E-state index in [1.807, 2.05) is 0 Å². The Morgan fingerprint density at radius 1 is 0.385 bits per heavy atom. The highest BCUT2D eigenvalue weighted by molar-refractivity contribution is 7.00. The summed E-state index contributed by atoms with van der Waals surface area (Å²) in [5, 5.41) is 0.